The van der Waals surface area contributed by atoms with Crippen molar-refractivity contribution in [2.45, 2.75) is 17.9 Å². The molecule has 1 heterocycles. The number of ether oxygens (including phenoxy) is 1. The van der Waals surface area contributed by atoms with Crippen molar-refractivity contribution in [3.8, 4) is 0 Å². The first kappa shape index (κ1) is 22.6. The van der Waals surface area contributed by atoms with E-state index >= 15 is 0 Å². The molecule has 0 radical (unpaired) electrons. The molecule has 0 amide bonds. The molecule has 0 aromatic heterocycles. The van der Waals surface area contributed by atoms with Gasteiger partial charge in [0.05, 0.1) is 30.3 Å². The molecule has 1 aliphatic heterocycles. The summed E-state index contributed by atoms with van der Waals surface area (Å²) in [5, 5.41) is 10.6. The smallest absolute Gasteiger partial charge is 0.264 e. The third kappa shape index (κ3) is 5.68. The van der Waals surface area contributed by atoms with Crippen molar-refractivity contribution in [3.63, 3.8) is 0 Å². The number of aliphatic hydroxyl groups is 1. The van der Waals surface area contributed by atoms with E-state index in [-0.39, 0.29) is 23.8 Å². The number of anilines is 1. The van der Waals surface area contributed by atoms with Crippen LogP contribution in [0.4, 0.5) is 5.69 Å². The summed E-state index contributed by atoms with van der Waals surface area (Å²) in [7, 11) is -3.77. The molecule has 1 unspecified atom stereocenters. The number of rotatable bonds is 7. The van der Waals surface area contributed by atoms with Crippen molar-refractivity contribution in [1.82, 2.24) is 0 Å². The number of hydrogen-bond acceptors (Lipinski definition) is 4. The molecule has 0 bridgehead atoms. The minimum absolute atomic E-state index is 0. The number of morpholine rings is 1. The van der Waals surface area contributed by atoms with Crippen LogP contribution in [-0.4, -0.2) is 59.0 Å². The van der Waals surface area contributed by atoms with E-state index in [0.717, 1.165) is 18.7 Å². The lowest BCUT2D eigenvalue weighted by atomic mass is 10.2. The lowest BCUT2D eigenvalue weighted by molar-refractivity contribution is -0.910. The summed E-state index contributed by atoms with van der Waals surface area (Å²) in [6.07, 6.45) is -0.767. The Balaban J connectivity index is 0.00000280. The summed E-state index contributed by atoms with van der Waals surface area (Å²) in [6, 6.07) is 15.7. The summed E-state index contributed by atoms with van der Waals surface area (Å²) >= 11 is 0. The number of nitrogens with zero attached hydrogens (tertiary/aromatic N) is 1. The normalized spacial score (nSPS) is 16.2. The first-order chi connectivity index (χ1) is 13.0. The maximum absolute atomic E-state index is 13.3. The van der Waals surface area contributed by atoms with Gasteiger partial charge in [0.15, 0.2) is 0 Å². The van der Waals surface area contributed by atoms with Crippen molar-refractivity contribution in [1.29, 1.82) is 0 Å². The Kier molecular flexibility index (Phi) is 8.27. The van der Waals surface area contributed by atoms with Crippen molar-refractivity contribution >= 4 is 15.7 Å². The van der Waals surface area contributed by atoms with E-state index in [1.807, 2.05) is 25.1 Å². The molecule has 1 saturated heterocycles. The van der Waals surface area contributed by atoms with Crippen LogP contribution in [0, 0.1) is 6.92 Å². The molecular weight excluding hydrogens is 400 g/mol. The van der Waals surface area contributed by atoms with E-state index in [2.05, 4.69) is 0 Å². The second kappa shape index (κ2) is 10.2. The highest BCUT2D eigenvalue weighted by Crippen LogP contribution is 2.24. The van der Waals surface area contributed by atoms with Gasteiger partial charge < -0.3 is 27.2 Å². The molecule has 0 aliphatic carbocycles. The summed E-state index contributed by atoms with van der Waals surface area (Å²) < 4.78 is 33.2. The summed E-state index contributed by atoms with van der Waals surface area (Å²) in [5.74, 6) is 0. The van der Waals surface area contributed by atoms with E-state index in [1.165, 1.54) is 9.21 Å². The van der Waals surface area contributed by atoms with Crippen LogP contribution in [0.3, 0.4) is 0 Å². The lowest BCUT2D eigenvalue weighted by Crippen LogP contribution is -3.15. The zero-order valence-electron chi connectivity index (χ0n) is 15.9. The molecule has 1 aliphatic rings. The van der Waals surface area contributed by atoms with Crippen LogP contribution in [0.15, 0.2) is 59.5 Å². The van der Waals surface area contributed by atoms with Crippen LogP contribution < -0.4 is 21.6 Å². The van der Waals surface area contributed by atoms with E-state index < -0.39 is 16.1 Å². The van der Waals surface area contributed by atoms with E-state index in [9.17, 15) is 13.5 Å². The van der Waals surface area contributed by atoms with Crippen molar-refractivity contribution in [3.05, 3.63) is 60.2 Å². The average Bonchev–Trinajstić information content (AvgIpc) is 2.67. The van der Waals surface area contributed by atoms with Crippen LogP contribution in [0.2, 0.25) is 0 Å². The predicted octanol–water partition coefficient (Wildman–Crippen LogP) is -2.53. The number of halogens is 1. The number of benzene rings is 2. The lowest BCUT2D eigenvalue weighted by Gasteiger charge is -2.30. The van der Waals surface area contributed by atoms with Gasteiger partial charge in [-0.15, -0.1) is 0 Å². The molecule has 0 saturated carbocycles. The standard InChI is InChI=1S/C20H26N2O4S.ClH/c1-17-6-5-7-18(14-17)22(27(24,25)20-8-3-2-4-9-20)16-19(23)15-21-10-12-26-13-11-21;/h2-9,14,19,23H,10-13,15-16H2,1H3;1H. The van der Waals surface area contributed by atoms with E-state index in [4.69, 9.17) is 4.74 Å². The Bertz CT molecular complexity index is 842. The molecule has 2 aromatic carbocycles. The number of aryl methyl sites for hydroxylation is 1. The van der Waals surface area contributed by atoms with E-state index in [1.54, 1.807) is 36.4 Å². The van der Waals surface area contributed by atoms with Crippen LogP contribution in [-0.2, 0) is 14.8 Å². The maximum Gasteiger partial charge on any atom is 0.264 e. The SMILES string of the molecule is Cc1cccc(N(CC(O)C[NH+]2CCOCC2)S(=O)(=O)c2ccccc2)c1.[Cl-]. The zero-order valence-corrected chi connectivity index (χ0v) is 17.5. The summed E-state index contributed by atoms with van der Waals surface area (Å²) in [6.45, 7) is 5.43. The van der Waals surface area contributed by atoms with Gasteiger partial charge in [0.1, 0.15) is 25.7 Å². The average molecular weight is 427 g/mol. The topological polar surface area (TPSA) is 71.3 Å². The van der Waals surface area contributed by atoms with Gasteiger partial charge in [-0.05, 0) is 36.8 Å². The highest BCUT2D eigenvalue weighted by Gasteiger charge is 2.29. The molecule has 6 nitrogen and oxygen atoms in total. The van der Waals surface area contributed by atoms with E-state index in [0.29, 0.717) is 25.4 Å². The Labute approximate surface area is 173 Å². The molecule has 0 spiro atoms. The molecule has 28 heavy (non-hydrogen) atoms. The summed E-state index contributed by atoms with van der Waals surface area (Å²) in [5.41, 5.74) is 1.53. The number of quaternary nitrogens is 1. The van der Waals surface area contributed by atoms with Gasteiger partial charge in [0, 0.05) is 0 Å². The Morgan fingerprint density at radius 1 is 1.11 bits per heavy atom. The predicted molar refractivity (Wildman–Crippen MR) is 105 cm³/mol. The molecule has 154 valence electrons. The zero-order chi connectivity index (χ0) is 19.3. The largest absolute Gasteiger partial charge is 1.00 e. The molecule has 2 N–H and O–H groups in total. The molecule has 1 fully saturated rings. The highest BCUT2D eigenvalue weighted by atomic mass is 35.5. The third-order valence-corrected chi connectivity index (χ3v) is 6.53. The molecule has 8 heteroatoms. The molecule has 3 rings (SSSR count). The molecule has 1 atom stereocenters. The Morgan fingerprint density at radius 2 is 1.79 bits per heavy atom. The Hall–Kier alpha value is -1.64. The molecule has 2 aromatic rings. The van der Waals surface area contributed by atoms with Crippen LogP contribution >= 0.6 is 0 Å². The number of sulfonamides is 1. The van der Waals surface area contributed by atoms with Crippen LogP contribution in [0.1, 0.15) is 5.56 Å². The van der Waals surface area contributed by atoms with Crippen LogP contribution in [0.5, 0.6) is 0 Å². The fourth-order valence-corrected chi connectivity index (χ4v) is 4.81. The van der Waals surface area contributed by atoms with Gasteiger partial charge in [-0.1, -0.05) is 30.3 Å². The van der Waals surface area contributed by atoms with Gasteiger partial charge in [-0.25, -0.2) is 8.42 Å². The number of aliphatic hydroxyl groups excluding tert-OH is 1. The number of nitrogens with one attached hydrogen (secondary N) is 1. The van der Waals surface area contributed by atoms with Gasteiger partial charge >= 0.3 is 0 Å². The first-order valence-corrected chi connectivity index (χ1v) is 10.6. The van der Waals surface area contributed by atoms with Gasteiger partial charge in [0.25, 0.3) is 10.0 Å². The molecular formula is C20H27ClN2O4S. The van der Waals surface area contributed by atoms with Gasteiger partial charge in [0.2, 0.25) is 0 Å². The summed E-state index contributed by atoms with van der Waals surface area (Å²) in [4.78, 5) is 1.45. The van der Waals surface area contributed by atoms with Crippen molar-refractivity contribution < 1.29 is 35.6 Å². The quantitative estimate of drug-likeness (QED) is 0.512. The number of hydrogen-bond donors (Lipinski definition) is 2. The van der Waals surface area contributed by atoms with Gasteiger partial charge in [-0.3, -0.25) is 4.31 Å². The monoisotopic (exact) mass is 426 g/mol. The fraction of sp³-hybridized carbons (Fsp3) is 0.400. The Morgan fingerprint density at radius 3 is 2.43 bits per heavy atom. The van der Waals surface area contributed by atoms with Crippen molar-refractivity contribution in [2.75, 3.05) is 43.7 Å². The minimum atomic E-state index is -3.77. The van der Waals surface area contributed by atoms with Gasteiger partial charge in [-0.2, -0.15) is 0 Å². The van der Waals surface area contributed by atoms with Crippen LogP contribution in [0.25, 0.3) is 0 Å². The fourth-order valence-electron chi connectivity index (χ4n) is 3.30. The highest BCUT2D eigenvalue weighted by molar-refractivity contribution is 7.92. The maximum atomic E-state index is 13.3. The third-order valence-electron chi connectivity index (χ3n) is 4.72. The second-order valence-electron chi connectivity index (χ2n) is 6.91. The minimum Gasteiger partial charge on any atom is -1.00 e. The first-order valence-electron chi connectivity index (χ1n) is 9.20. The van der Waals surface area contributed by atoms with Crippen molar-refractivity contribution in [2.24, 2.45) is 0 Å². The second-order valence-corrected chi connectivity index (χ2v) is 8.77.